The molecule has 0 aliphatic heterocycles. The molecule has 1 aromatic heterocycles. The summed E-state index contributed by atoms with van der Waals surface area (Å²) in [6, 6.07) is 0. The fourth-order valence-corrected chi connectivity index (χ4v) is 1.38. The molecule has 0 aliphatic rings. The Morgan fingerprint density at radius 3 is 2.75 bits per heavy atom. The van der Waals surface area contributed by atoms with Crippen molar-refractivity contribution in [1.29, 1.82) is 0 Å². The van der Waals surface area contributed by atoms with Crippen LogP contribution in [0.3, 0.4) is 0 Å². The molecular formula is C6H7NO4S. The standard InChI is InChI=1S/C6H7NO4S/c8-4-3-12-6(11)7(4)2-1-5(9)10/h3,8H,1-2H2,(H,9,10). The molecule has 0 atom stereocenters. The Hall–Kier alpha value is -1.30. The first-order valence-electron chi connectivity index (χ1n) is 3.20. The highest BCUT2D eigenvalue weighted by Crippen LogP contribution is 2.08. The first-order valence-corrected chi connectivity index (χ1v) is 4.08. The largest absolute Gasteiger partial charge is 0.494 e. The van der Waals surface area contributed by atoms with Gasteiger partial charge in [0.1, 0.15) is 0 Å². The molecule has 0 saturated heterocycles. The lowest BCUT2D eigenvalue weighted by atomic mass is 10.4. The van der Waals surface area contributed by atoms with Crippen molar-refractivity contribution in [3.8, 4) is 5.88 Å². The molecule has 2 N–H and O–H groups in total. The Labute approximate surface area is 71.5 Å². The first kappa shape index (κ1) is 8.79. The average Bonchev–Trinajstić information content (AvgIpc) is 2.28. The number of hydrogen-bond acceptors (Lipinski definition) is 4. The molecule has 0 unspecified atom stereocenters. The molecule has 6 heteroatoms. The third kappa shape index (κ3) is 1.85. The van der Waals surface area contributed by atoms with Crippen LogP contribution in [0.5, 0.6) is 5.88 Å². The minimum atomic E-state index is -0.993. The minimum Gasteiger partial charge on any atom is -0.494 e. The van der Waals surface area contributed by atoms with Gasteiger partial charge in [0.2, 0.25) is 5.88 Å². The fourth-order valence-electron chi connectivity index (χ4n) is 0.737. The van der Waals surface area contributed by atoms with E-state index in [4.69, 9.17) is 10.2 Å². The second-order valence-corrected chi connectivity index (χ2v) is 2.98. The van der Waals surface area contributed by atoms with E-state index in [9.17, 15) is 9.59 Å². The van der Waals surface area contributed by atoms with Gasteiger partial charge in [0.05, 0.1) is 11.8 Å². The van der Waals surface area contributed by atoms with E-state index >= 15 is 0 Å². The smallest absolute Gasteiger partial charge is 0.309 e. The topological polar surface area (TPSA) is 79.5 Å². The number of carbonyl (C=O) groups is 1. The second kappa shape index (κ2) is 3.40. The van der Waals surface area contributed by atoms with E-state index in [0.717, 1.165) is 15.9 Å². The van der Waals surface area contributed by atoms with E-state index in [1.165, 1.54) is 5.38 Å². The first-order chi connectivity index (χ1) is 5.61. The molecule has 0 aromatic carbocycles. The number of carboxylic acid groups (broad SMARTS) is 1. The number of aromatic hydroxyl groups is 1. The van der Waals surface area contributed by atoms with Crippen molar-refractivity contribution in [2.75, 3.05) is 0 Å². The van der Waals surface area contributed by atoms with E-state index in [-0.39, 0.29) is 23.7 Å². The summed E-state index contributed by atoms with van der Waals surface area (Å²) in [4.78, 5) is 20.7. The third-order valence-electron chi connectivity index (χ3n) is 1.31. The Morgan fingerprint density at radius 1 is 1.67 bits per heavy atom. The van der Waals surface area contributed by atoms with Crippen LogP contribution >= 0.6 is 11.3 Å². The molecule has 1 heterocycles. The fraction of sp³-hybridized carbons (Fsp3) is 0.333. The van der Waals surface area contributed by atoms with Crippen LogP contribution in [-0.4, -0.2) is 20.7 Å². The number of rotatable bonds is 3. The SMILES string of the molecule is O=C(O)CCn1c(O)csc1=O. The lowest BCUT2D eigenvalue weighted by molar-refractivity contribution is -0.137. The van der Waals surface area contributed by atoms with Gasteiger partial charge in [-0.05, 0) is 0 Å². The van der Waals surface area contributed by atoms with Crippen LogP contribution in [0.2, 0.25) is 0 Å². The highest BCUT2D eigenvalue weighted by molar-refractivity contribution is 7.07. The van der Waals surface area contributed by atoms with Crippen LogP contribution < -0.4 is 4.87 Å². The molecule has 1 rings (SSSR count). The molecule has 1 aromatic rings. The van der Waals surface area contributed by atoms with Crippen molar-refractivity contribution in [1.82, 2.24) is 4.57 Å². The Balaban J connectivity index is 2.75. The molecule has 0 saturated carbocycles. The van der Waals surface area contributed by atoms with Crippen LogP contribution in [0.25, 0.3) is 0 Å². The molecule has 0 bridgehead atoms. The Kier molecular flexibility index (Phi) is 2.49. The molecule has 0 aliphatic carbocycles. The van der Waals surface area contributed by atoms with Gasteiger partial charge < -0.3 is 10.2 Å². The number of nitrogens with zero attached hydrogens (tertiary/aromatic N) is 1. The van der Waals surface area contributed by atoms with Crippen molar-refractivity contribution in [3.05, 3.63) is 15.0 Å². The number of aliphatic carboxylic acids is 1. The van der Waals surface area contributed by atoms with Crippen LogP contribution in [0.15, 0.2) is 10.2 Å². The predicted octanol–water partition coefficient (Wildman–Crippen LogP) is 0.0901. The Bertz CT molecular complexity index is 340. The maximum atomic E-state index is 10.9. The van der Waals surface area contributed by atoms with Crippen LogP contribution in [0.1, 0.15) is 6.42 Å². The second-order valence-electron chi connectivity index (χ2n) is 2.16. The summed E-state index contributed by atoms with van der Waals surface area (Å²) < 4.78 is 1.03. The van der Waals surface area contributed by atoms with Crippen LogP contribution in [0, 0.1) is 0 Å². The van der Waals surface area contributed by atoms with E-state index < -0.39 is 5.97 Å². The van der Waals surface area contributed by atoms with Crippen molar-refractivity contribution >= 4 is 17.3 Å². The number of carboxylic acids is 1. The summed E-state index contributed by atoms with van der Waals surface area (Å²) in [6.45, 7) is 0.0174. The van der Waals surface area contributed by atoms with Gasteiger partial charge in [0.25, 0.3) is 0 Å². The van der Waals surface area contributed by atoms with Crippen molar-refractivity contribution in [2.45, 2.75) is 13.0 Å². The Morgan fingerprint density at radius 2 is 2.33 bits per heavy atom. The lowest BCUT2D eigenvalue weighted by Crippen LogP contribution is -2.14. The normalized spacial score (nSPS) is 10.0. The summed E-state index contributed by atoms with van der Waals surface area (Å²) in [5, 5.41) is 18.6. The summed E-state index contributed by atoms with van der Waals surface area (Å²) in [5.74, 6) is -1.17. The third-order valence-corrected chi connectivity index (χ3v) is 2.06. The minimum absolute atomic E-state index is 0.0174. The molecule has 0 amide bonds. The summed E-state index contributed by atoms with van der Waals surface area (Å²) >= 11 is 0.847. The number of hydrogen-bond donors (Lipinski definition) is 2. The summed E-state index contributed by atoms with van der Waals surface area (Å²) in [6.07, 6.45) is -0.163. The van der Waals surface area contributed by atoms with E-state index in [0.29, 0.717) is 0 Å². The van der Waals surface area contributed by atoms with Crippen LogP contribution in [-0.2, 0) is 11.3 Å². The maximum absolute atomic E-state index is 10.9. The molecule has 12 heavy (non-hydrogen) atoms. The number of aromatic nitrogens is 1. The highest BCUT2D eigenvalue weighted by atomic mass is 32.1. The monoisotopic (exact) mass is 189 g/mol. The van der Waals surface area contributed by atoms with Gasteiger partial charge in [-0.15, -0.1) is 0 Å². The zero-order chi connectivity index (χ0) is 9.14. The maximum Gasteiger partial charge on any atom is 0.309 e. The van der Waals surface area contributed by atoms with Gasteiger partial charge in [-0.1, -0.05) is 11.3 Å². The zero-order valence-electron chi connectivity index (χ0n) is 6.06. The zero-order valence-corrected chi connectivity index (χ0v) is 6.87. The van der Waals surface area contributed by atoms with Crippen molar-refractivity contribution in [3.63, 3.8) is 0 Å². The van der Waals surface area contributed by atoms with Gasteiger partial charge >= 0.3 is 10.8 Å². The molecule has 0 radical (unpaired) electrons. The quantitative estimate of drug-likeness (QED) is 0.706. The van der Waals surface area contributed by atoms with Gasteiger partial charge in [-0.2, -0.15) is 0 Å². The molecular weight excluding hydrogens is 182 g/mol. The van der Waals surface area contributed by atoms with Crippen molar-refractivity contribution in [2.24, 2.45) is 0 Å². The van der Waals surface area contributed by atoms with E-state index in [1.54, 1.807) is 0 Å². The van der Waals surface area contributed by atoms with E-state index in [2.05, 4.69) is 0 Å². The van der Waals surface area contributed by atoms with Crippen molar-refractivity contribution < 1.29 is 15.0 Å². The molecule has 0 spiro atoms. The van der Waals surface area contributed by atoms with Gasteiger partial charge in [-0.3, -0.25) is 14.2 Å². The van der Waals surface area contributed by atoms with E-state index in [1.807, 2.05) is 0 Å². The number of thiazole rings is 1. The van der Waals surface area contributed by atoms with Gasteiger partial charge in [0, 0.05) is 6.54 Å². The van der Waals surface area contributed by atoms with Gasteiger partial charge in [0.15, 0.2) is 0 Å². The molecule has 0 fully saturated rings. The summed E-state index contributed by atoms with van der Waals surface area (Å²) in [5.41, 5.74) is 0. The average molecular weight is 189 g/mol. The predicted molar refractivity (Wildman–Crippen MR) is 42.5 cm³/mol. The van der Waals surface area contributed by atoms with Crippen LogP contribution in [0.4, 0.5) is 0 Å². The molecule has 5 nitrogen and oxygen atoms in total. The summed E-state index contributed by atoms with van der Waals surface area (Å²) in [7, 11) is 0. The highest BCUT2D eigenvalue weighted by Gasteiger charge is 2.06. The lowest BCUT2D eigenvalue weighted by Gasteiger charge is -1.98. The van der Waals surface area contributed by atoms with Gasteiger partial charge in [-0.25, -0.2) is 0 Å². The molecule has 66 valence electrons.